The summed E-state index contributed by atoms with van der Waals surface area (Å²) >= 11 is 0. The first-order valence-corrected chi connectivity index (χ1v) is 12.1. The molecule has 0 unspecified atom stereocenters. The lowest BCUT2D eigenvalue weighted by molar-refractivity contribution is 0.0942. The number of aromatic nitrogens is 5. The summed E-state index contributed by atoms with van der Waals surface area (Å²) in [7, 11) is 4.97. The number of rotatable bonds is 8. The molecule has 0 fully saturated rings. The number of fused-ring (bicyclic) bond motifs is 1. The minimum absolute atomic E-state index is 0.191. The number of hydrogen-bond acceptors (Lipinski definition) is 6. The SMILES string of the molecule is COc1ccc(OC)c(-c2cc(C(=O)NCCn3nc(-c4ccccn4)c4c3CCCC4)n(C)n2)c1. The zero-order valence-electron chi connectivity index (χ0n) is 20.8. The lowest BCUT2D eigenvalue weighted by Crippen LogP contribution is -2.29. The van der Waals surface area contributed by atoms with Gasteiger partial charge in [0.2, 0.25) is 0 Å². The normalized spacial score (nSPS) is 12.8. The number of benzene rings is 1. The average Bonchev–Trinajstić information content (AvgIpc) is 3.49. The molecule has 0 bridgehead atoms. The number of amides is 1. The van der Waals surface area contributed by atoms with Crippen LogP contribution in [0.5, 0.6) is 11.5 Å². The molecule has 5 rings (SSSR count). The third-order valence-electron chi connectivity index (χ3n) is 6.57. The largest absolute Gasteiger partial charge is 0.497 e. The molecule has 0 atom stereocenters. The van der Waals surface area contributed by atoms with E-state index >= 15 is 0 Å². The Hall–Kier alpha value is -4.14. The van der Waals surface area contributed by atoms with Crippen LogP contribution in [0.2, 0.25) is 0 Å². The number of carbonyl (C=O) groups excluding carboxylic acids is 1. The van der Waals surface area contributed by atoms with Crippen LogP contribution < -0.4 is 14.8 Å². The molecule has 4 aromatic rings. The maximum Gasteiger partial charge on any atom is 0.269 e. The third-order valence-corrected chi connectivity index (χ3v) is 6.57. The van der Waals surface area contributed by atoms with E-state index in [1.807, 2.05) is 41.1 Å². The molecule has 36 heavy (non-hydrogen) atoms. The number of methoxy groups -OCH3 is 2. The molecule has 0 spiro atoms. The lowest BCUT2D eigenvalue weighted by Gasteiger charge is -2.14. The number of nitrogens with zero attached hydrogens (tertiary/aromatic N) is 5. The molecular weight excluding hydrogens is 456 g/mol. The Kier molecular flexibility index (Phi) is 6.71. The van der Waals surface area contributed by atoms with Gasteiger partial charge in [-0.3, -0.25) is 19.1 Å². The minimum Gasteiger partial charge on any atom is -0.497 e. The Labute approximate surface area is 210 Å². The molecule has 3 aromatic heterocycles. The highest BCUT2D eigenvalue weighted by molar-refractivity contribution is 5.94. The molecule has 0 radical (unpaired) electrons. The van der Waals surface area contributed by atoms with Crippen LogP contribution in [0, 0.1) is 0 Å². The van der Waals surface area contributed by atoms with E-state index in [1.165, 1.54) is 11.3 Å². The molecule has 0 saturated carbocycles. The molecule has 1 aliphatic carbocycles. The van der Waals surface area contributed by atoms with E-state index in [4.69, 9.17) is 14.6 Å². The predicted molar refractivity (Wildman–Crippen MR) is 136 cm³/mol. The number of hydrogen-bond donors (Lipinski definition) is 1. The van der Waals surface area contributed by atoms with Gasteiger partial charge < -0.3 is 14.8 Å². The number of ether oxygens (including phenoxy) is 2. The van der Waals surface area contributed by atoms with Crippen LogP contribution in [0.1, 0.15) is 34.6 Å². The molecule has 1 aliphatic rings. The fourth-order valence-electron chi connectivity index (χ4n) is 4.76. The van der Waals surface area contributed by atoms with Gasteiger partial charge in [-0.25, -0.2) is 0 Å². The van der Waals surface area contributed by atoms with Crippen LogP contribution in [0.3, 0.4) is 0 Å². The van der Waals surface area contributed by atoms with Gasteiger partial charge in [-0.05, 0) is 62.1 Å². The van der Waals surface area contributed by atoms with Crippen molar-refractivity contribution in [3.8, 4) is 34.1 Å². The summed E-state index contributed by atoms with van der Waals surface area (Å²) in [6.45, 7) is 1.05. The van der Waals surface area contributed by atoms with Gasteiger partial charge in [-0.1, -0.05) is 6.07 Å². The Morgan fingerprint density at radius 3 is 2.67 bits per heavy atom. The molecule has 3 heterocycles. The fraction of sp³-hybridized carbons (Fsp3) is 0.333. The molecule has 0 aliphatic heterocycles. The fourth-order valence-corrected chi connectivity index (χ4v) is 4.76. The van der Waals surface area contributed by atoms with Crippen molar-refractivity contribution in [3.63, 3.8) is 0 Å². The molecule has 9 heteroatoms. The topological polar surface area (TPSA) is 96.1 Å². The number of nitrogens with one attached hydrogen (secondary N) is 1. The Bertz CT molecular complexity index is 1380. The van der Waals surface area contributed by atoms with E-state index in [9.17, 15) is 4.79 Å². The average molecular weight is 487 g/mol. The van der Waals surface area contributed by atoms with Gasteiger partial charge in [0.05, 0.1) is 32.2 Å². The van der Waals surface area contributed by atoms with Crippen molar-refractivity contribution in [2.45, 2.75) is 32.2 Å². The van der Waals surface area contributed by atoms with E-state index < -0.39 is 0 Å². The summed E-state index contributed by atoms with van der Waals surface area (Å²) in [5.41, 5.74) is 6.26. The highest BCUT2D eigenvalue weighted by atomic mass is 16.5. The Morgan fingerprint density at radius 1 is 1.03 bits per heavy atom. The second kappa shape index (κ2) is 10.2. The Balaban J connectivity index is 1.31. The van der Waals surface area contributed by atoms with Crippen molar-refractivity contribution in [2.75, 3.05) is 20.8 Å². The van der Waals surface area contributed by atoms with E-state index in [1.54, 1.807) is 38.2 Å². The maximum absolute atomic E-state index is 13.0. The predicted octanol–water partition coefficient (Wildman–Crippen LogP) is 3.67. The van der Waals surface area contributed by atoms with Crippen molar-refractivity contribution in [1.82, 2.24) is 29.9 Å². The highest BCUT2D eigenvalue weighted by Gasteiger charge is 2.23. The summed E-state index contributed by atoms with van der Waals surface area (Å²) in [5, 5.41) is 12.5. The zero-order chi connectivity index (χ0) is 25.1. The van der Waals surface area contributed by atoms with Gasteiger partial charge in [0, 0.05) is 36.6 Å². The van der Waals surface area contributed by atoms with Crippen LogP contribution in [0.15, 0.2) is 48.7 Å². The molecule has 1 aromatic carbocycles. The van der Waals surface area contributed by atoms with Crippen molar-refractivity contribution >= 4 is 5.91 Å². The number of pyridine rings is 1. The molecule has 1 N–H and O–H groups in total. The van der Waals surface area contributed by atoms with Gasteiger partial charge in [0.25, 0.3) is 5.91 Å². The van der Waals surface area contributed by atoms with Crippen molar-refractivity contribution in [1.29, 1.82) is 0 Å². The Morgan fingerprint density at radius 2 is 1.89 bits per heavy atom. The molecular formula is C27H30N6O3. The van der Waals surface area contributed by atoms with Gasteiger partial charge >= 0.3 is 0 Å². The maximum atomic E-state index is 13.0. The van der Waals surface area contributed by atoms with Crippen molar-refractivity contribution < 1.29 is 14.3 Å². The van der Waals surface area contributed by atoms with Crippen LogP contribution in [-0.4, -0.2) is 51.2 Å². The standard InChI is InChI=1S/C27H30N6O3/c1-32-24(17-22(30-32)20-16-18(35-2)11-12-25(20)36-3)27(34)29-14-15-33-23-10-5-4-8-19(23)26(31-33)21-9-6-7-13-28-21/h6-7,9,11-13,16-17H,4-5,8,10,14-15H2,1-3H3,(H,29,34). The van der Waals surface area contributed by atoms with Crippen LogP contribution in [0.4, 0.5) is 0 Å². The summed E-state index contributed by atoms with van der Waals surface area (Å²) in [6.07, 6.45) is 6.12. The summed E-state index contributed by atoms with van der Waals surface area (Å²) in [5.74, 6) is 1.16. The van der Waals surface area contributed by atoms with E-state index in [0.717, 1.165) is 42.6 Å². The first kappa shape index (κ1) is 23.6. The molecule has 9 nitrogen and oxygen atoms in total. The summed E-state index contributed by atoms with van der Waals surface area (Å²) < 4.78 is 14.4. The van der Waals surface area contributed by atoms with Crippen LogP contribution in [-0.2, 0) is 26.4 Å². The molecule has 186 valence electrons. The van der Waals surface area contributed by atoms with E-state index in [-0.39, 0.29) is 5.91 Å². The van der Waals surface area contributed by atoms with Gasteiger partial charge in [0.15, 0.2) is 0 Å². The summed E-state index contributed by atoms with van der Waals surface area (Å²) in [6, 6.07) is 13.2. The quantitative estimate of drug-likeness (QED) is 0.408. The first-order chi connectivity index (χ1) is 17.6. The minimum atomic E-state index is -0.191. The van der Waals surface area contributed by atoms with Crippen molar-refractivity contribution in [2.24, 2.45) is 7.05 Å². The lowest BCUT2D eigenvalue weighted by atomic mass is 9.95. The van der Waals surface area contributed by atoms with E-state index in [0.29, 0.717) is 36.0 Å². The van der Waals surface area contributed by atoms with Crippen LogP contribution >= 0.6 is 0 Å². The number of carbonyl (C=O) groups is 1. The molecule has 1 amide bonds. The smallest absolute Gasteiger partial charge is 0.269 e. The van der Waals surface area contributed by atoms with Crippen LogP contribution in [0.25, 0.3) is 22.6 Å². The first-order valence-electron chi connectivity index (χ1n) is 12.1. The third kappa shape index (κ3) is 4.56. The van der Waals surface area contributed by atoms with E-state index in [2.05, 4.69) is 15.4 Å². The number of aryl methyl sites for hydroxylation is 1. The second-order valence-electron chi connectivity index (χ2n) is 8.78. The van der Waals surface area contributed by atoms with Crippen molar-refractivity contribution in [3.05, 3.63) is 65.6 Å². The summed E-state index contributed by atoms with van der Waals surface area (Å²) in [4.78, 5) is 17.5. The monoisotopic (exact) mass is 486 g/mol. The van der Waals surface area contributed by atoms with Gasteiger partial charge in [0.1, 0.15) is 22.9 Å². The molecule has 0 saturated heterocycles. The van der Waals surface area contributed by atoms with Gasteiger partial charge in [-0.2, -0.15) is 10.2 Å². The highest BCUT2D eigenvalue weighted by Crippen LogP contribution is 2.33. The second-order valence-corrected chi connectivity index (χ2v) is 8.78. The zero-order valence-corrected chi connectivity index (χ0v) is 20.8. The van der Waals surface area contributed by atoms with Gasteiger partial charge in [-0.15, -0.1) is 0 Å².